The van der Waals surface area contributed by atoms with Crippen molar-refractivity contribution < 1.29 is 32.1 Å². The monoisotopic (exact) mass is 507 g/mol. The number of carbonyl (C=O) groups is 3. The van der Waals surface area contributed by atoms with Gasteiger partial charge < -0.3 is 25.5 Å². The highest BCUT2D eigenvalue weighted by Crippen LogP contribution is 2.24. The Balaban J connectivity index is 0. The van der Waals surface area contributed by atoms with Crippen LogP contribution in [-0.2, 0) is 24.5 Å². The van der Waals surface area contributed by atoms with Crippen LogP contribution in [0.3, 0.4) is 0 Å². The summed E-state index contributed by atoms with van der Waals surface area (Å²) in [5.74, 6) is 0.826. The minimum atomic E-state index is -3.67. The maximum Gasteiger partial charge on any atom is 0.261 e. The molecule has 1 rings (SSSR count). The summed E-state index contributed by atoms with van der Waals surface area (Å²) < 4.78 is 31.5. The summed E-state index contributed by atoms with van der Waals surface area (Å²) in [5, 5.41) is 8.20. The van der Waals surface area contributed by atoms with Gasteiger partial charge in [0, 0.05) is 30.8 Å². The number of carbonyl (C=O) groups excluding carboxylic acids is 3. The summed E-state index contributed by atoms with van der Waals surface area (Å²) in [5.41, 5.74) is 2.21. The lowest BCUT2D eigenvalue weighted by Crippen LogP contribution is -2.30. The van der Waals surface area contributed by atoms with Crippen molar-refractivity contribution in [1.29, 1.82) is 0 Å². The van der Waals surface area contributed by atoms with E-state index in [2.05, 4.69) is 28.6 Å². The molecule has 2 amide bonds. The largest absolute Gasteiger partial charge is 0.494 e. The van der Waals surface area contributed by atoms with E-state index in [1.54, 1.807) is 6.92 Å². The number of ether oxygens (including phenoxy) is 1. The number of benzene rings is 1. The molecular formula is C21H37N3O7S2. The molecule has 0 spiro atoms. The molecule has 0 aliphatic heterocycles. The Kier molecular flexibility index (Phi) is 19.3. The van der Waals surface area contributed by atoms with Crippen molar-refractivity contribution in [3.63, 3.8) is 0 Å². The van der Waals surface area contributed by atoms with E-state index in [0.29, 0.717) is 45.0 Å². The number of amides is 2. The molecule has 0 atom stereocenters. The first-order valence-electron chi connectivity index (χ1n) is 10.3. The molecule has 0 aliphatic carbocycles. The van der Waals surface area contributed by atoms with E-state index < -0.39 is 10.1 Å². The molecule has 4 N–H and O–H groups in total. The van der Waals surface area contributed by atoms with Crippen LogP contribution in [-0.4, -0.2) is 70.6 Å². The molecule has 190 valence electrons. The van der Waals surface area contributed by atoms with Crippen molar-refractivity contribution in [2.75, 3.05) is 39.5 Å². The number of hydrogen-bond acceptors (Lipinski definition) is 8. The maximum atomic E-state index is 11.5. The highest BCUT2D eigenvalue weighted by molar-refractivity contribution is 7.85. The minimum Gasteiger partial charge on any atom is -0.494 e. The Hall–Kier alpha value is -2.15. The molecule has 33 heavy (non-hydrogen) atoms. The van der Waals surface area contributed by atoms with Crippen molar-refractivity contribution in [3.8, 4) is 5.75 Å². The van der Waals surface area contributed by atoms with Crippen molar-refractivity contribution in [1.82, 2.24) is 16.0 Å². The first-order valence-corrected chi connectivity index (χ1v) is 12.6. The number of nitrogens with one attached hydrogen (secondary N) is 3. The third-order valence-corrected chi connectivity index (χ3v) is 4.39. The van der Waals surface area contributed by atoms with Crippen LogP contribution < -0.4 is 20.7 Å². The van der Waals surface area contributed by atoms with Crippen molar-refractivity contribution in [2.45, 2.75) is 44.9 Å². The third kappa shape index (κ3) is 22.8. The molecule has 0 aromatic heterocycles. The van der Waals surface area contributed by atoms with Gasteiger partial charge in [0.2, 0.25) is 11.8 Å². The summed E-state index contributed by atoms with van der Waals surface area (Å²) in [6.07, 6.45) is 3.02. The molecule has 1 aromatic carbocycles. The van der Waals surface area contributed by atoms with Crippen LogP contribution in [0.4, 0.5) is 0 Å². The predicted octanol–water partition coefficient (Wildman–Crippen LogP) is 1.30. The van der Waals surface area contributed by atoms with Crippen molar-refractivity contribution in [2.24, 2.45) is 0 Å². The lowest BCUT2D eigenvalue weighted by Gasteiger charge is -2.10. The Morgan fingerprint density at radius 2 is 1.67 bits per heavy atom. The minimum absolute atomic E-state index is 0.0712. The number of likely N-dealkylation sites (N-methyl/N-ethyl adjacent to an activating group) is 1. The normalized spacial score (nSPS) is 10.0. The van der Waals surface area contributed by atoms with E-state index in [9.17, 15) is 22.8 Å². The second kappa shape index (κ2) is 19.3. The number of aryl methyl sites for hydroxylation is 2. The van der Waals surface area contributed by atoms with Gasteiger partial charge in [-0.15, -0.1) is 12.6 Å². The van der Waals surface area contributed by atoms with Crippen LogP contribution in [0.15, 0.2) is 17.0 Å². The third-order valence-electron chi connectivity index (χ3n) is 3.68. The second-order valence-corrected chi connectivity index (χ2v) is 8.78. The Labute approximate surface area is 202 Å². The van der Waals surface area contributed by atoms with E-state index in [4.69, 9.17) is 9.29 Å². The summed E-state index contributed by atoms with van der Waals surface area (Å²) in [6.45, 7) is 7.89. The SMILES string of the molecule is CCC(=O)NCC=O.CNCCNC(=O)CCCOc1cc(C)c(S)c(C)c1.CS(=O)(=O)O. The molecule has 10 nitrogen and oxygen atoms in total. The molecule has 0 heterocycles. The molecule has 12 heteroatoms. The van der Waals surface area contributed by atoms with Gasteiger partial charge in [0.1, 0.15) is 12.0 Å². The van der Waals surface area contributed by atoms with Crippen LogP contribution in [0.1, 0.15) is 37.3 Å². The van der Waals surface area contributed by atoms with E-state index in [0.717, 1.165) is 28.3 Å². The zero-order valence-electron chi connectivity index (χ0n) is 19.9. The van der Waals surface area contributed by atoms with Gasteiger partial charge in [-0.1, -0.05) is 6.92 Å². The Bertz CT molecular complexity index is 800. The van der Waals surface area contributed by atoms with Gasteiger partial charge in [-0.2, -0.15) is 8.42 Å². The maximum absolute atomic E-state index is 11.5. The van der Waals surface area contributed by atoms with Crippen LogP contribution in [0.5, 0.6) is 5.75 Å². The fourth-order valence-electron chi connectivity index (χ4n) is 2.12. The van der Waals surface area contributed by atoms with E-state index in [-0.39, 0.29) is 18.4 Å². The van der Waals surface area contributed by atoms with Crippen LogP contribution in [0.25, 0.3) is 0 Å². The van der Waals surface area contributed by atoms with E-state index in [1.807, 2.05) is 33.0 Å². The molecular weight excluding hydrogens is 470 g/mol. The molecule has 0 bridgehead atoms. The highest BCUT2D eigenvalue weighted by Gasteiger charge is 2.04. The fraction of sp³-hybridized carbons (Fsp3) is 0.571. The Morgan fingerprint density at radius 3 is 2.12 bits per heavy atom. The highest BCUT2D eigenvalue weighted by atomic mass is 32.2. The molecule has 0 radical (unpaired) electrons. The lowest BCUT2D eigenvalue weighted by molar-refractivity contribution is -0.122. The van der Waals surface area contributed by atoms with Gasteiger partial charge in [0.25, 0.3) is 10.1 Å². The van der Waals surface area contributed by atoms with Gasteiger partial charge in [0.05, 0.1) is 19.4 Å². The average molecular weight is 508 g/mol. The average Bonchev–Trinajstić information content (AvgIpc) is 2.72. The number of hydrogen-bond donors (Lipinski definition) is 5. The summed E-state index contributed by atoms with van der Waals surface area (Å²) in [4.78, 5) is 32.4. The molecule has 0 aliphatic rings. The van der Waals surface area contributed by atoms with E-state index >= 15 is 0 Å². The zero-order valence-corrected chi connectivity index (χ0v) is 21.6. The first-order chi connectivity index (χ1) is 15.3. The Morgan fingerprint density at radius 1 is 1.12 bits per heavy atom. The summed E-state index contributed by atoms with van der Waals surface area (Å²) >= 11 is 4.42. The van der Waals surface area contributed by atoms with E-state index in [1.165, 1.54) is 0 Å². The van der Waals surface area contributed by atoms with Crippen LogP contribution >= 0.6 is 12.6 Å². The molecule has 0 saturated heterocycles. The second-order valence-electron chi connectivity index (χ2n) is 6.87. The lowest BCUT2D eigenvalue weighted by atomic mass is 10.1. The summed E-state index contributed by atoms with van der Waals surface area (Å²) in [7, 11) is -1.81. The van der Waals surface area contributed by atoms with Gasteiger partial charge in [-0.25, -0.2) is 0 Å². The molecule has 0 saturated carbocycles. The molecule has 0 unspecified atom stereocenters. The zero-order chi connectivity index (χ0) is 25.9. The number of aldehydes is 1. The number of rotatable bonds is 11. The molecule has 1 aromatic rings. The standard InChI is InChI=1S/C15H24N2O2S.C5H9NO2.CH4O3S/c1-11-9-13(10-12(2)15(11)20)19-8-4-5-14(18)17-7-6-16-3;1-2-5(8)6-3-4-7;1-5(2,3)4/h9-10,16,20H,4-8H2,1-3H3,(H,17,18);4H,2-3H2,1H3,(H,6,8);1H3,(H,2,3,4). The van der Waals surface area contributed by atoms with Gasteiger partial charge >= 0.3 is 0 Å². The van der Waals surface area contributed by atoms with Crippen LogP contribution in [0, 0.1) is 13.8 Å². The molecule has 0 fully saturated rings. The fourth-order valence-corrected chi connectivity index (χ4v) is 2.25. The predicted molar refractivity (Wildman–Crippen MR) is 132 cm³/mol. The van der Waals surface area contributed by atoms with Gasteiger partial charge in [-0.05, 0) is 50.6 Å². The smallest absolute Gasteiger partial charge is 0.261 e. The van der Waals surface area contributed by atoms with Crippen molar-refractivity contribution >= 4 is 40.8 Å². The summed E-state index contributed by atoms with van der Waals surface area (Å²) in [6, 6.07) is 3.95. The van der Waals surface area contributed by atoms with Crippen molar-refractivity contribution in [3.05, 3.63) is 23.3 Å². The quantitative estimate of drug-likeness (QED) is 0.130. The van der Waals surface area contributed by atoms with Gasteiger partial charge in [0.15, 0.2) is 0 Å². The van der Waals surface area contributed by atoms with Crippen LogP contribution in [0.2, 0.25) is 0 Å². The first kappa shape index (κ1) is 33.0. The number of thiol groups is 1. The van der Waals surface area contributed by atoms with Gasteiger partial charge in [-0.3, -0.25) is 14.1 Å². The topological polar surface area (TPSA) is 151 Å².